The fourth-order valence-electron chi connectivity index (χ4n) is 3.63. The molecular weight excluding hydrogens is 437 g/mol. The lowest BCUT2D eigenvalue weighted by Gasteiger charge is -2.23. The molecule has 0 spiro atoms. The van der Waals surface area contributed by atoms with Crippen molar-refractivity contribution in [2.75, 3.05) is 4.90 Å². The van der Waals surface area contributed by atoms with Gasteiger partial charge in [-0.05, 0) is 24.3 Å². The second-order valence-electron chi connectivity index (χ2n) is 6.97. The highest BCUT2D eigenvalue weighted by molar-refractivity contribution is 9.10. The van der Waals surface area contributed by atoms with Crippen molar-refractivity contribution < 1.29 is 19.1 Å². The molecular formula is C23H17BrFNO3. The third-order valence-corrected chi connectivity index (χ3v) is 5.58. The number of Topliss-reactive ketones (excluding diaryl/α,β-unsaturated/α-hetero) is 1. The van der Waals surface area contributed by atoms with Crippen molar-refractivity contribution in [1.82, 2.24) is 0 Å². The molecule has 0 radical (unpaired) electrons. The van der Waals surface area contributed by atoms with Crippen LogP contribution in [0, 0.1) is 5.82 Å². The molecule has 146 valence electrons. The molecule has 0 bridgehead atoms. The molecule has 0 aromatic heterocycles. The summed E-state index contributed by atoms with van der Waals surface area (Å²) in [5, 5.41) is 11.3. The van der Waals surface area contributed by atoms with E-state index < -0.39 is 23.7 Å². The molecule has 0 aliphatic carbocycles. The number of carbonyl (C=O) groups excluding carboxylic acids is 2. The minimum atomic E-state index is -2.00. The number of carbonyl (C=O) groups is 2. The third kappa shape index (κ3) is 3.50. The van der Waals surface area contributed by atoms with E-state index in [-0.39, 0.29) is 12.3 Å². The monoisotopic (exact) mass is 453 g/mol. The summed E-state index contributed by atoms with van der Waals surface area (Å²) in [7, 11) is 0. The molecule has 1 heterocycles. The number of fused-ring (bicyclic) bond motifs is 1. The standard InChI is InChI=1S/C23H17BrFNO3/c24-17-8-5-7-15(12-17)21(27)13-23(29)18-9-2-4-11-20(18)26(22(23)28)14-16-6-1-3-10-19(16)25/h1-12,29H,13-14H2. The Bertz CT molecular complexity index is 1120. The minimum absolute atomic E-state index is 0.0318. The van der Waals surface area contributed by atoms with Gasteiger partial charge in [0.2, 0.25) is 0 Å². The number of benzene rings is 3. The van der Waals surface area contributed by atoms with Gasteiger partial charge in [0.05, 0.1) is 18.7 Å². The molecule has 0 saturated carbocycles. The summed E-state index contributed by atoms with van der Waals surface area (Å²) >= 11 is 3.32. The summed E-state index contributed by atoms with van der Waals surface area (Å²) < 4.78 is 14.9. The molecule has 4 rings (SSSR count). The van der Waals surface area contributed by atoms with E-state index in [1.807, 2.05) is 0 Å². The zero-order chi connectivity index (χ0) is 20.6. The number of halogens is 2. The fourth-order valence-corrected chi connectivity index (χ4v) is 4.03. The Hall–Kier alpha value is -2.83. The second-order valence-corrected chi connectivity index (χ2v) is 7.89. The summed E-state index contributed by atoms with van der Waals surface area (Å²) in [5.74, 6) is -1.42. The van der Waals surface area contributed by atoms with Crippen LogP contribution in [-0.2, 0) is 16.9 Å². The van der Waals surface area contributed by atoms with Gasteiger partial charge in [-0.25, -0.2) is 4.39 Å². The van der Waals surface area contributed by atoms with Gasteiger partial charge in [-0.1, -0.05) is 64.5 Å². The van der Waals surface area contributed by atoms with Crippen LogP contribution in [0.15, 0.2) is 77.3 Å². The summed E-state index contributed by atoms with van der Waals surface area (Å²) in [5.41, 5.74) is -0.444. The van der Waals surface area contributed by atoms with Gasteiger partial charge in [-0.2, -0.15) is 0 Å². The Kier molecular flexibility index (Phi) is 5.06. The molecule has 0 fully saturated rings. The highest BCUT2D eigenvalue weighted by Gasteiger charge is 2.50. The molecule has 4 nitrogen and oxygen atoms in total. The molecule has 0 saturated heterocycles. The van der Waals surface area contributed by atoms with Crippen LogP contribution in [0.1, 0.15) is 27.9 Å². The lowest BCUT2D eigenvalue weighted by Crippen LogP contribution is -2.41. The molecule has 3 aromatic carbocycles. The van der Waals surface area contributed by atoms with E-state index in [1.54, 1.807) is 66.7 Å². The lowest BCUT2D eigenvalue weighted by molar-refractivity contribution is -0.136. The van der Waals surface area contributed by atoms with Crippen LogP contribution in [0.2, 0.25) is 0 Å². The zero-order valence-corrected chi connectivity index (χ0v) is 16.9. The van der Waals surface area contributed by atoms with Gasteiger partial charge in [0.15, 0.2) is 11.4 Å². The highest BCUT2D eigenvalue weighted by Crippen LogP contribution is 2.43. The van der Waals surface area contributed by atoms with Gasteiger partial charge >= 0.3 is 0 Å². The number of nitrogens with zero attached hydrogens (tertiary/aromatic N) is 1. The van der Waals surface area contributed by atoms with E-state index in [9.17, 15) is 19.1 Å². The van der Waals surface area contributed by atoms with Crippen molar-refractivity contribution >= 4 is 33.3 Å². The first-order valence-corrected chi connectivity index (χ1v) is 9.85. The van der Waals surface area contributed by atoms with Crippen molar-refractivity contribution in [3.63, 3.8) is 0 Å². The van der Waals surface area contributed by atoms with Crippen molar-refractivity contribution in [3.05, 3.63) is 99.8 Å². The van der Waals surface area contributed by atoms with E-state index >= 15 is 0 Å². The number of aliphatic hydroxyl groups is 1. The number of para-hydroxylation sites is 1. The van der Waals surface area contributed by atoms with Gasteiger partial charge in [-0.15, -0.1) is 0 Å². The average molecular weight is 454 g/mol. The molecule has 1 unspecified atom stereocenters. The van der Waals surface area contributed by atoms with Crippen molar-refractivity contribution in [2.45, 2.75) is 18.6 Å². The summed E-state index contributed by atoms with van der Waals surface area (Å²) in [6.45, 7) is -0.0318. The summed E-state index contributed by atoms with van der Waals surface area (Å²) in [6, 6.07) is 19.7. The van der Waals surface area contributed by atoms with Crippen LogP contribution >= 0.6 is 15.9 Å². The quantitative estimate of drug-likeness (QED) is 0.574. The maximum absolute atomic E-state index is 14.1. The molecule has 1 aliphatic rings. The third-order valence-electron chi connectivity index (χ3n) is 5.09. The molecule has 1 amide bonds. The van der Waals surface area contributed by atoms with Gasteiger partial charge in [0, 0.05) is 21.2 Å². The van der Waals surface area contributed by atoms with E-state index in [0.717, 1.165) is 4.47 Å². The Labute approximate surface area is 175 Å². The number of amides is 1. The van der Waals surface area contributed by atoms with Gasteiger partial charge in [0.1, 0.15) is 5.82 Å². The Morgan fingerprint density at radius 1 is 1.03 bits per heavy atom. The number of hydrogen-bond donors (Lipinski definition) is 1. The maximum Gasteiger partial charge on any atom is 0.264 e. The van der Waals surface area contributed by atoms with Crippen LogP contribution in [0.25, 0.3) is 0 Å². The van der Waals surface area contributed by atoms with Crippen LogP contribution in [0.4, 0.5) is 10.1 Å². The summed E-state index contributed by atoms with van der Waals surface area (Å²) in [4.78, 5) is 27.4. The van der Waals surface area contributed by atoms with Crippen LogP contribution in [0.5, 0.6) is 0 Å². The average Bonchev–Trinajstić information content (AvgIpc) is 2.92. The number of ketones is 1. The zero-order valence-electron chi connectivity index (χ0n) is 15.3. The molecule has 1 aliphatic heterocycles. The molecule has 29 heavy (non-hydrogen) atoms. The smallest absolute Gasteiger partial charge is 0.264 e. The maximum atomic E-state index is 14.1. The topological polar surface area (TPSA) is 57.6 Å². The number of hydrogen-bond acceptors (Lipinski definition) is 3. The van der Waals surface area contributed by atoms with Crippen LogP contribution in [-0.4, -0.2) is 16.8 Å². The minimum Gasteiger partial charge on any atom is -0.375 e. The lowest BCUT2D eigenvalue weighted by atomic mass is 9.88. The van der Waals surface area contributed by atoms with E-state index in [4.69, 9.17) is 0 Å². The fraction of sp³-hybridized carbons (Fsp3) is 0.130. The van der Waals surface area contributed by atoms with E-state index in [2.05, 4.69) is 15.9 Å². The van der Waals surface area contributed by atoms with Crippen LogP contribution < -0.4 is 4.90 Å². The normalized spacial score (nSPS) is 18.0. The first kappa shape index (κ1) is 19.5. The first-order chi connectivity index (χ1) is 13.9. The van der Waals surface area contributed by atoms with Gasteiger partial charge in [0.25, 0.3) is 5.91 Å². The van der Waals surface area contributed by atoms with Crippen molar-refractivity contribution in [3.8, 4) is 0 Å². The number of rotatable bonds is 5. The largest absolute Gasteiger partial charge is 0.375 e. The first-order valence-electron chi connectivity index (χ1n) is 9.06. The van der Waals surface area contributed by atoms with Crippen LogP contribution in [0.3, 0.4) is 0 Å². The number of anilines is 1. The van der Waals surface area contributed by atoms with E-state index in [0.29, 0.717) is 22.4 Å². The van der Waals surface area contributed by atoms with E-state index in [1.165, 1.54) is 11.0 Å². The SMILES string of the molecule is O=C(CC1(O)C(=O)N(Cc2ccccc2F)c2ccccc21)c1cccc(Br)c1. The van der Waals surface area contributed by atoms with Gasteiger partial charge in [-0.3, -0.25) is 9.59 Å². The molecule has 1 atom stereocenters. The summed E-state index contributed by atoms with van der Waals surface area (Å²) in [6.07, 6.45) is -0.396. The predicted molar refractivity (Wildman–Crippen MR) is 111 cm³/mol. The molecule has 1 N–H and O–H groups in total. The Morgan fingerprint density at radius 3 is 2.52 bits per heavy atom. The Balaban J connectivity index is 1.70. The van der Waals surface area contributed by atoms with Crippen molar-refractivity contribution in [2.24, 2.45) is 0 Å². The van der Waals surface area contributed by atoms with Gasteiger partial charge < -0.3 is 10.0 Å². The highest BCUT2D eigenvalue weighted by atomic mass is 79.9. The Morgan fingerprint density at radius 2 is 1.76 bits per heavy atom. The molecule has 6 heteroatoms. The second kappa shape index (κ2) is 7.54. The molecule has 3 aromatic rings. The predicted octanol–water partition coefficient (Wildman–Crippen LogP) is 4.60. The van der Waals surface area contributed by atoms with Crippen molar-refractivity contribution in [1.29, 1.82) is 0 Å².